The lowest BCUT2D eigenvalue weighted by molar-refractivity contribution is -0.164. The maximum Gasteiger partial charge on any atom is 0.333 e. The molecule has 12 nitrogen and oxygen atoms in total. The fourth-order valence-electron chi connectivity index (χ4n) is 4.95. The molecule has 1 aromatic heterocycles. The summed E-state index contributed by atoms with van der Waals surface area (Å²) in [6, 6.07) is 6.90. The van der Waals surface area contributed by atoms with Gasteiger partial charge >= 0.3 is 11.7 Å². The van der Waals surface area contributed by atoms with Crippen LogP contribution in [0.1, 0.15) is 74.1 Å². The summed E-state index contributed by atoms with van der Waals surface area (Å²) in [6.45, 7) is 26.0. The molecule has 1 saturated heterocycles. The lowest BCUT2D eigenvalue weighted by atomic mass is 10.00. The van der Waals surface area contributed by atoms with Crippen molar-refractivity contribution in [3.63, 3.8) is 0 Å². The topological polar surface area (TPSA) is 153 Å². The van der Waals surface area contributed by atoms with E-state index in [4.69, 9.17) is 28.8 Å². The second-order valence-electron chi connectivity index (χ2n) is 17.0. The Morgan fingerprint density at radius 1 is 0.898 bits per heavy atom. The Morgan fingerprint density at radius 2 is 1.41 bits per heavy atom. The summed E-state index contributed by atoms with van der Waals surface area (Å²) in [7, 11) is -3.66. The first kappa shape index (κ1) is 40.8. The number of aromatic nitrogens is 2. The molecule has 14 heteroatoms. The first-order valence-corrected chi connectivity index (χ1v) is 22.6. The van der Waals surface area contributed by atoms with E-state index in [2.05, 4.69) is 67.7 Å². The summed E-state index contributed by atoms with van der Waals surface area (Å²) in [4.78, 5) is 40.5. The van der Waals surface area contributed by atoms with Gasteiger partial charge in [0, 0.05) is 12.3 Å². The van der Waals surface area contributed by atoms with Gasteiger partial charge in [-0.15, -0.1) is 0 Å². The van der Waals surface area contributed by atoms with Crippen molar-refractivity contribution >= 4 is 22.6 Å². The highest BCUT2D eigenvalue weighted by Gasteiger charge is 2.57. The molecule has 0 bridgehead atoms. The van der Waals surface area contributed by atoms with Crippen molar-refractivity contribution in [1.29, 1.82) is 0 Å². The van der Waals surface area contributed by atoms with Crippen LogP contribution < -0.4 is 21.7 Å². The van der Waals surface area contributed by atoms with Crippen molar-refractivity contribution < 1.29 is 33.0 Å². The molecule has 0 spiro atoms. The predicted molar refractivity (Wildman–Crippen MR) is 195 cm³/mol. The molecule has 2 heterocycles. The zero-order valence-corrected chi connectivity index (χ0v) is 33.8. The quantitative estimate of drug-likeness (QED) is 0.245. The number of aliphatic hydroxyl groups is 1. The molecule has 2 aromatic rings. The number of aliphatic hydroxyl groups excluding tert-OH is 1. The number of rotatable bonds is 11. The van der Waals surface area contributed by atoms with Crippen molar-refractivity contribution in [2.45, 2.75) is 147 Å². The highest BCUT2D eigenvalue weighted by Crippen LogP contribution is 2.46. The van der Waals surface area contributed by atoms with Gasteiger partial charge in [-0.05, 0) is 74.7 Å². The summed E-state index contributed by atoms with van der Waals surface area (Å²) in [5.41, 5.74) is 5.11. The standard InChI is InChI=1S/C35H59N3O9Si2/c1-33(2,3)45-31(41)25(36)26(40)27-28(46-48(11,12)34(4,5)6)29(47-49(13,14)35(7,8)9)30(44-27)37-20-19-24(39)38(32(37)42)21-22-15-17-23(43-10)18-16-22/h15-20,25-30,40H,21,36H2,1-14H3/t25-,26-,27+,28?,29?,30+/m0/s1. The third-order valence-electron chi connectivity index (χ3n) is 9.95. The lowest BCUT2D eigenvalue weighted by Gasteiger charge is -2.44. The largest absolute Gasteiger partial charge is 0.497 e. The van der Waals surface area contributed by atoms with E-state index in [0.717, 1.165) is 10.1 Å². The maximum absolute atomic E-state index is 14.2. The average molecular weight is 722 g/mol. The van der Waals surface area contributed by atoms with Crippen LogP contribution in [0.3, 0.4) is 0 Å². The van der Waals surface area contributed by atoms with E-state index in [0.29, 0.717) is 5.75 Å². The fourth-order valence-corrected chi connectivity index (χ4v) is 7.54. The van der Waals surface area contributed by atoms with E-state index in [-0.39, 0.29) is 16.6 Å². The van der Waals surface area contributed by atoms with Crippen LogP contribution in [-0.4, -0.2) is 80.0 Å². The Balaban J connectivity index is 2.23. The van der Waals surface area contributed by atoms with Crippen LogP contribution in [0.2, 0.25) is 36.3 Å². The van der Waals surface area contributed by atoms with E-state index in [9.17, 15) is 19.5 Å². The van der Waals surface area contributed by atoms with Crippen LogP contribution in [0, 0.1) is 0 Å². The summed E-state index contributed by atoms with van der Waals surface area (Å²) >= 11 is 0. The van der Waals surface area contributed by atoms with E-state index < -0.39 is 76.1 Å². The molecule has 3 rings (SSSR count). The average Bonchev–Trinajstić information content (AvgIpc) is 3.28. The minimum absolute atomic E-state index is 0.00243. The SMILES string of the molecule is COc1ccc(Cn2c(=O)ccn([C@@H]3O[C@H]([C@@H](O)[C@H](N)C(=O)OC(C)(C)C)C(O[Si](C)(C)C(C)(C)C)C3O[Si](C)(C)C(C)(C)C)c2=O)cc1. The summed E-state index contributed by atoms with van der Waals surface area (Å²) in [5.74, 6) is -0.154. The number of hydrogen-bond acceptors (Lipinski definition) is 10. The molecule has 2 unspecified atom stereocenters. The molecule has 49 heavy (non-hydrogen) atoms. The van der Waals surface area contributed by atoms with Crippen LogP contribution in [0.5, 0.6) is 5.75 Å². The first-order valence-electron chi connectivity index (χ1n) is 16.8. The Labute approximate surface area is 293 Å². The van der Waals surface area contributed by atoms with Gasteiger partial charge in [-0.3, -0.25) is 18.7 Å². The molecule has 3 N–H and O–H groups in total. The number of methoxy groups -OCH3 is 1. The van der Waals surface area contributed by atoms with Crippen molar-refractivity contribution in [1.82, 2.24) is 9.13 Å². The summed E-state index contributed by atoms with van der Waals surface area (Å²) in [6.07, 6.45) is -4.37. The third-order valence-corrected chi connectivity index (χ3v) is 18.9. The minimum Gasteiger partial charge on any atom is -0.497 e. The van der Waals surface area contributed by atoms with Crippen LogP contribution in [0.25, 0.3) is 0 Å². The number of benzene rings is 1. The van der Waals surface area contributed by atoms with Crippen molar-refractivity contribution in [3.05, 3.63) is 62.9 Å². The smallest absolute Gasteiger partial charge is 0.333 e. The highest BCUT2D eigenvalue weighted by atomic mass is 28.4. The number of nitrogens with zero attached hydrogens (tertiary/aromatic N) is 2. The number of nitrogens with two attached hydrogens (primary N) is 1. The maximum atomic E-state index is 14.2. The first-order chi connectivity index (χ1) is 22.2. The molecule has 0 amide bonds. The number of hydrogen-bond donors (Lipinski definition) is 2. The molecule has 276 valence electrons. The number of esters is 1. The third kappa shape index (κ3) is 9.40. The predicted octanol–water partition coefficient (Wildman–Crippen LogP) is 4.78. The van der Waals surface area contributed by atoms with Gasteiger partial charge in [0.05, 0.1) is 13.7 Å². The summed E-state index contributed by atoms with van der Waals surface area (Å²) < 4.78 is 33.9. The molecule has 0 aliphatic carbocycles. The Kier molecular flexibility index (Phi) is 12.1. The van der Waals surface area contributed by atoms with E-state index in [1.54, 1.807) is 52.1 Å². The summed E-state index contributed by atoms with van der Waals surface area (Å²) in [5, 5.41) is 11.3. The zero-order chi connectivity index (χ0) is 37.5. The van der Waals surface area contributed by atoms with Crippen molar-refractivity contribution in [2.75, 3.05) is 7.11 Å². The van der Waals surface area contributed by atoms with Crippen LogP contribution in [-0.2, 0) is 29.7 Å². The highest BCUT2D eigenvalue weighted by molar-refractivity contribution is 6.74. The Bertz CT molecular complexity index is 1570. The monoisotopic (exact) mass is 721 g/mol. The number of ether oxygens (including phenoxy) is 3. The molecule has 0 radical (unpaired) electrons. The van der Waals surface area contributed by atoms with Gasteiger partial charge in [-0.2, -0.15) is 0 Å². The van der Waals surface area contributed by atoms with Gasteiger partial charge in [-0.25, -0.2) is 4.79 Å². The van der Waals surface area contributed by atoms with Gasteiger partial charge in [0.15, 0.2) is 22.9 Å². The number of carbonyl (C=O) groups is 1. The van der Waals surface area contributed by atoms with E-state index >= 15 is 0 Å². The zero-order valence-electron chi connectivity index (χ0n) is 31.8. The van der Waals surface area contributed by atoms with Crippen molar-refractivity contribution in [3.8, 4) is 5.75 Å². The van der Waals surface area contributed by atoms with Crippen LogP contribution in [0.15, 0.2) is 46.1 Å². The Hall–Kier alpha value is -2.60. The molecule has 1 aliphatic rings. The lowest BCUT2D eigenvalue weighted by Crippen LogP contribution is -2.58. The van der Waals surface area contributed by atoms with Crippen molar-refractivity contribution in [2.24, 2.45) is 5.73 Å². The van der Waals surface area contributed by atoms with E-state index in [1.165, 1.54) is 16.8 Å². The molecule has 1 aliphatic heterocycles. The molecular formula is C35H59N3O9Si2. The second kappa shape index (κ2) is 14.6. The van der Waals surface area contributed by atoms with Gasteiger partial charge in [0.2, 0.25) is 0 Å². The van der Waals surface area contributed by atoms with Gasteiger partial charge < -0.3 is 33.9 Å². The fraction of sp³-hybridized carbons (Fsp3) is 0.686. The molecule has 1 aromatic carbocycles. The van der Waals surface area contributed by atoms with Crippen LogP contribution >= 0.6 is 0 Å². The van der Waals surface area contributed by atoms with Crippen LogP contribution in [0.4, 0.5) is 0 Å². The number of carbonyl (C=O) groups excluding carboxylic acids is 1. The van der Waals surface area contributed by atoms with Gasteiger partial charge in [0.25, 0.3) is 5.56 Å². The molecule has 1 fully saturated rings. The Morgan fingerprint density at radius 3 is 1.88 bits per heavy atom. The molecule has 6 atom stereocenters. The second-order valence-corrected chi connectivity index (χ2v) is 26.5. The molecular weight excluding hydrogens is 663 g/mol. The minimum atomic E-state index is -2.61. The molecule has 0 saturated carbocycles. The van der Waals surface area contributed by atoms with E-state index in [1.807, 2.05) is 0 Å². The van der Waals surface area contributed by atoms with Gasteiger partial charge in [0.1, 0.15) is 41.8 Å². The normalized spacial score (nSPS) is 22.1. The van der Waals surface area contributed by atoms with Gasteiger partial charge in [-0.1, -0.05) is 53.7 Å².